The van der Waals surface area contributed by atoms with Crippen LogP contribution in [0.3, 0.4) is 0 Å². The summed E-state index contributed by atoms with van der Waals surface area (Å²) in [5, 5.41) is 7.56. The molecule has 5 heteroatoms. The first-order chi connectivity index (χ1) is 8.25. The number of thiophene rings is 1. The van der Waals surface area contributed by atoms with Gasteiger partial charge in [-0.25, -0.2) is 0 Å². The molecule has 1 saturated heterocycles. The Morgan fingerprint density at radius 1 is 1.53 bits per heavy atom. The van der Waals surface area contributed by atoms with E-state index in [1.807, 2.05) is 17.5 Å². The van der Waals surface area contributed by atoms with E-state index in [0.717, 1.165) is 30.7 Å². The average molecular weight is 252 g/mol. The van der Waals surface area contributed by atoms with Crippen molar-refractivity contribution in [3.63, 3.8) is 0 Å². The molecule has 17 heavy (non-hydrogen) atoms. The van der Waals surface area contributed by atoms with Crippen LogP contribution in [0.5, 0.6) is 0 Å². The monoisotopic (exact) mass is 252 g/mol. The fourth-order valence-electron chi connectivity index (χ4n) is 1.89. The number of carbonyl (C=O) groups excluding carboxylic acids is 2. The fraction of sp³-hybridized carbons (Fsp3) is 0.500. The van der Waals surface area contributed by atoms with Crippen molar-refractivity contribution in [2.45, 2.75) is 31.7 Å². The van der Waals surface area contributed by atoms with Crippen LogP contribution >= 0.6 is 11.3 Å². The Morgan fingerprint density at radius 3 is 3.18 bits per heavy atom. The molecule has 1 aliphatic heterocycles. The van der Waals surface area contributed by atoms with Gasteiger partial charge in [0.2, 0.25) is 11.8 Å². The lowest BCUT2D eigenvalue weighted by atomic mass is 10.1. The van der Waals surface area contributed by atoms with E-state index in [1.54, 1.807) is 11.3 Å². The van der Waals surface area contributed by atoms with Crippen molar-refractivity contribution < 1.29 is 9.59 Å². The summed E-state index contributed by atoms with van der Waals surface area (Å²) < 4.78 is 0. The van der Waals surface area contributed by atoms with Gasteiger partial charge in [-0.1, -0.05) is 6.07 Å². The second-order valence-corrected chi connectivity index (χ2v) is 5.20. The Kier molecular flexibility index (Phi) is 4.14. The van der Waals surface area contributed by atoms with Gasteiger partial charge in [-0.2, -0.15) is 0 Å². The maximum absolute atomic E-state index is 11.8. The van der Waals surface area contributed by atoms with E-state index in [4.69, 9.17) is 0 Å². The highest BCUT2D eigenvalue weighted by molar-refractivity contribution is 7.10. The standard InChI is InChI=1S/C12H16N2O2S/c15-11(8-9-4-3-7-17-9)14-10-5-1-2-6-13-12(10)16/h3-4,7,10H,1-2,5-6,8H2,(H,13,16)(H,14,15)/t10-/m0/s1. The van der Waals surface area contributed by atoms with Gasteiger partial charge in [0.15, 0.2) is 0 Å². The van der Waals surface area contributed by atoms with E-state index in [0.29, 0.717) is 6.42 Å². The minimum absolute atomic E-state index is 0.0537. The summed E-state index contributed by atoms with van der Waals surface area (Å²) in [7, 11) is 0. The van der Waals surface area contributed by atoms with Crippen LogP contribution in [0.4, 0.5) is 0 Å². The first-order valence-electron chi connectivity index (χ1n) is 5.85. The van der Waals surface area contributed by atoms with Crippen LogP contribution in [-0.4, -0.2) is 24.4 Å². The van der Waals surface area contributed by atoms with Gasteiger partial charge in [-0.3, -0.25) is 9.59 Å². The van der Waals surface area contributed by atoms with Crippen molar-refractivity contribution in [3.8, 4) is 0 Å². The third kappa shape index (κ3) is 3.56. The quantitative estimate of drug-likeness (QED) is 0.845. The normalized spacial score (nSPS) is 20.5. The molecule has 0 aliphatic carbocycles. The minimum Gasteiger partial charge on any atom is -0.354 e. The van der Waals surface area contributed by atoms with Crippen molar-refractivity contribution in [3.05, 3.63) is 22.4 Å². The largest absolute Gasteiger partial charge is 0.354 e. The topological polar surface area (TPSA) is 58.2 Å². The number of hydrogen-bond acceptors (Lipinski definition) is 3. The third-order valence-electron chi connectivity index (χ3n) is 2.79. The van der Waals surface area contributed by atoms with Gasteiger partial charge >= 0.3 is 0 Å². The SMILES string of the molecule is O=C(Cc1cccs1)N[C@H]1CCCCNC1=O. The van der Waals surface area contributed by atoms with Crippen LogP contribution < -0.4 is 10.6 Å². The molecule has 1 fully saturated rings. The van der Waals surface area contributed by atoms with Crippen molar-refractivity contribution in [1.29, 1.82) is 0 Å². The van der Waals surface area contributed by atoms with Crippen LogP contribution in [0.2, 0.25) is 0 Å². The molecule has 2 rings (SSSR count). The third-order valence-corrected chi connectivity index (χ3v) is 3.66. The Morgan fingerprint density at radius 2 is 2.41 bits per heavy atom. The molecule has 4 nitrogen and oxygen atoms in total. The molecule has 0 saturated carbocycles. The maximum atomic E-state index is 11.8. The number of carbonyl (C=O) groups is 2. The van der Waals surface area contributed by atoms with Gasteiger partial charge in [-0.05, 0) is 30.7 Å². The van der Waals surface area contributed by atoms with Crippen LogP contribution in [0.15, 0.2) is 17.5 Å². The molecule has 1 aromatic rings. The Bertz CT molecular complexity index is 389. The Hall–Kier alpha value is -1.36. The molecule has 2 N–H and O–H groups in total. The molecule has 92 valence electrons. The molecule has 2 amide bonds. The van der Waals surface area contributed by atoms with E-state index in [2.05, 4.69) is 10.6 Å². The summed E-state index contributed by atoms with van der Waals surface area (Å²) in [5.41, 5.74) is 0. The first kappa shape index (κ1) is 12.1. The number of rotatable bonds is 3. The molecular formula is C12H16N2O2S. The van der Waals surface area contributed by atoms with Gasteiger partial charge in [-0.15, -0.1) is 11.3 Å². The highest BCUT2D eigenvalue weighted by Gasteiger charge is 2.22. The zero-order valence-electron chi connectivity index (χ0n) is 9.57. The molecule has 0 radical (unpaired) electrons. The first-order valence-corrected chi connectivity index (χ1v) is 6.73. The lowest BCUT2D eigenvalue weighted by molar-refractivity contribution is -0.128. The van der Waals surface area contributed by atoms with E-state index >= 15 is 0 Å². The molecular weight excluding hydrogens is 236 g/mol. The average Bonchev–Trinajstić information content (AvgIpc) is 2.71. The lowest BCUT2D eigenvalue weighted by Gasteiger charge is -2.14. The molecule has 0 spiro atoms. The van der Waals surface area contributed by atoms with Crippen LogP contribution in [-0.2, 0) is 16.0 Å². The number of hydrogen-bond donors (Lipinski definition) is 2. The molecule has 1 aliphatic rings. The second-order valence-electron chi connectivity index (χ2n) is 4.16. The van der Waals surface area contributed by atoms with Crippen molar-refractivity contribution >= 4 is 23.2 Å². The molecule has 0 aromatic carbocycles. The molecule has 2 heterocycles. The van der Waals surface area contributed by atoms with Crippen LogP contribution in [0, 0.1) is 0 Å². The van der Waals surface area contributed by atoms with Crippen molar-refractivity contribution in [2.24, 2.45) is 0 Å². The smallest absolute Gasteiger partial charge is 0.242 e. The molecule has 0 unspecified atom stereocenters. The van der Waals surface area contributed by atoms with Gasteiger partial charge < -0.3 is 10.6 Å². The van der Waals surface area contributed by atoms with Gasteiger partial charge in [0.05, 0.1) is 6.42 Å². The summed E-state index contributed by atoms with van der Waals surface area (Å²) in [5.74, 6) is -0.128. The number of nitrogens with one attached hydrogen (secondary N) is 2. The van der Waals surface area contributed by atoms with Gasteiger partial charge in [0.1, 0.15) is 6.04 Å². The predicted octanol–water partition coefficient (Wildman–Crippen LogP) is 1.08. The van der Waals surface area contributed by atoms with Crippen LogP contribution in [0.1, 0.15) is 24.1 Å². The van der Waals surface area contributed by atoms with Gasteiger partial charge in [0, 0.05) is 11.4 Å². The highest BCUT2D eigenvalue weighted by Crippen LogP contribution is 2.10. The molecule has 1 atom stereocenters. The highest BCUT2D eigenvalue weighted by atomic mass is 32.1. The zero-order chi connectivity index (χ0) is 12.1. The fourth-order valence-corrected chi connectivity index (χ4v) is 2.60. The Labute approximate surface area is 104 Å². The second kappa shape index (κ2) is 5.82. The van der Waals surface area contributed by atoms with Gasteiger partial charge in [0.25, 0.3) is 0 Å². The van der Waals surface area contributed by atoms with E-state index in [1.165, 1.54) is 0 Å². The van der Waals surface area contributed by atoms with Crippen LogP contribution in [0.25, 0.3) is 0 Å². The van der Waals surface area contributed by atoms with E-state index < -0.39 is 0 Å². The predicted molar refractivity (Wildman–Crippen MR) is 66.8 cm³/mol. The zero-order valence-corrected chi connectivity index (χ0v) is 10.4. The van der Waals surface area contributed by atoms with Crippen molar-refractivity contribution in [1.82, 2.24) is 10.6 Å². The summed E-state index contributed by atoms with van der Waals surface area (Å²) in [6.45, 7) is 0.718. The molecule has 0 bridgehead atoms. The maximum Gasteiger partial charge on any atom is 0.242 e. The number of amides is 2. The summed E-state index contributed by atoms with van der Waals surface area (Å²) in [4.78, 5) is 24.4. The Balaban J connectivity index is 1.86. The molecule has 1 aromatic heterocycles. The van der Waals surface area contributed by atoms with Crippen molar-refractivity contribution in [2.75, 3.05) is 6.54 Å². The summed E-state index contributed by atoms with van der Waals surface area (Å²) in [6.07, 6.45) is 3.06. The summed E-state index contributed by atoms with van der Waals surface area (Å²) in [6, 6.07) is 3.49. The minimum atomic E-state index is -0.357. The lowest BCUT2D eigenvalue weighted by Crippen LogP contribution is -2.45. The van der Waals surface area contributed by atoms with E-state index in [-0.39, 0.29) is 17.9 Å². The summed E-state index contributed by atoms with van der Waals surface area (Å²) >= 11 is 1.56. The van der Waals surface area contributed by atoms with E-state index in [9.17, 15) is 9.59 Å².